The Labute approximate surface area is 130 Å². The number of hydrogen-bond acceptors (Lipinski definition) is 3. The predicted molar refractivity (Wildman–Crippen MR) is 80.5 cm³/mol. The second-order valence-corrected chi connectivity index (χ2v) is 6.41. The van der Waals surface area contributed by atoms with Crippen LogP contribution in [0.2, 0.25) is 5.02 Å². The molecule has 1 aliphatic rings. The lowest BCUT2D eigenvalue weighted by Gasteiger charge is -2.28. The van der Waals surface area contributed by atoms with Gasteiger partial charge in [0.15, 0.2) is 0 Å². The fourth-order valence-corrected chi connectivity index (χ4v) is 3.24. The van der Waals surface area contributed by atoms with Gasteiger partial charge in [-0.05, 0) is 25.0 Å². The second kappa shape index (κ2) is 6.54. The molecule has 1 amide bonds. The summed E-state index contributed by atoms with van der Waals surface area (Å²) in [4.78, 5) is 22.8. The fraction of sp³-hybridized carbons (Fsp3) is 0.462. The highest BCUT2D eigenvalue weighted by molar-refractivity contribution is 9.09. The molecule has 20 heavy (non-hydrogen) atoms. The van der Waals surface area contributed by atoms with Gasteiger partial charge in [0, 0.05) is 22.0 Å². The van der Waals surface area contributed by atoms with Crippen LogP contribution >= 0.6 is 27.5 Å². The first-order valence-electron chi connectivity index (χ1n) is 6.38. The van der Waals surface area contributed by atoms with Crippen LogP contribution in [0.25, 0.3) is 0 Å². The SMILES string of the molecule is O=C(NC1CCCCC1Br)c1cc(Cl)ccc1[N+](=O)[O-]. The third-order valence-corrected chi connectivity index (χ3v) is 4.73. The number of nitro benzene ring substituents is 1. The van der Waals surface area contributed by atoms with Crippen molar-refractivity contribution in [1.29, 1.82) is 0 Å². The number of hydrogen-bond donors (Lipinski definition) is 1. The molecule has 1 aliphatic carbocycles. The Morgan fingerprint density at radius 1 is 1.40 bits per heavy atom. The van der Waals surface area contributed by atoms with Gasteiger partial charge in [0.25, 0.3) is 11.6 Å². The van der Waals surface area contributed by atoms with E-state index in [-0.39, 0.29) is 22.1 Å². The Hall–Kier alpha value is -1.14. The van der Waals surface area contributed by atoms with E-state index < -0.39 is 10.8 Å². The van der Waals surface area contributed by atoms with Crippen LogP contribution in [-0.2, 0) is 0 Å². The van der Waals surface area contributed by atoms with Gasteiger partial charge >= 0.3 is 0 Å². The highest BCUT2D eigenvalue weighted by Gasteiger charge is 2.27. The third kappa shape index (κ3) is 3.49. The third-order valence-electron chi connectivity index (χ3n) is 3.40. The molecule has 2 rings (SSSR count). The van der Waals surface area contributed by atoms with E-state index in [9.17, 15) is 14.9 Å². The van der Waals surface area contributed by atoms with Crippen molar-refractivity contribution in [3.05, 3.63) is 38.9 Å². The first kappa shape index (κ1) is 15.3. The first-order valence-corrected chi connectivity index (χ1v) is 7.67. The summed E-state index contributed by atoms with van der Waals surface area (Å²) >= 11 is 9.37. The van der Waals surface area contributed by atoms with Crippen LogP contribution in [0.3, 0.4) is 0 Å². The number of carbonyl (C=O) groups is 1. The van der Waals surface area contributed by atoms with E-state index in [1.54, 1.807) is 0 Å². The molecule has 0 saturated heterocycles. The summed E-state index contributed by atoms with van der Waals surface area (Å²) in [6, 6.07) is 3.99. The Morgan fingerprint density at radius 2 is 2.10 bits per heavy atom. The van der Waals surface area contributed by atoms with Crippen molar-refractivity contribution >= 4 is 39.1 Å². The number of alkyl halides is 1. The summed E-state index contributed by atoms with van der Waals surface area (Å²) in [5.41, 5.74) is -0.221. The molecule has 7 heteroatoms. The molecule has 0 aromatic heterocycles. The minimum absolute atomic E-state index is 0.00478. The number of nitro groups is 1. The largest absolute Gasteiger partial charge is 0.348 e. The summed E-state index contributed by atoms with van der Waals surface area (Å²) in [5.74, 6) is -0.449. The minimum Gasteiger partial charge on any atom is -0.348 e. The van der Waals surface area contributed by atoms with Gasteiger partial charge in [0.05, 0.1) is 4.92 Å². The zero-order chi connectivity index (χ0) is 14.7. The zero-order valence-electron chi connectivity index (χ0n) is 10.6. The van der Waals surface area contributed by atoms with Gasteiger partial charge in [-0.2, -0.15) is 0 Å². The highest BCUT2D eigenvalue weighted by atomic mass is 79.9. The van der Waals surface area contributed by atoms with E-state index in [2.05, 4.69) is 21.2 Å². The van der Waals surface area contributed by atoms with Gasteiger partial charge in [0.2, 0.25) is 0 Å². The summed E-state index contributed by atoms with van der Waals surface area (Å²) in [6.45, 7) is 0. The van der Waals surface area contributed by atoms with Crippen molar-refractivity contribution in [1.82, 2.24) is 5.32 Å². The number of amides is 1. The van der Waals surface area contributed by atoms with Crippen molar-refractivity contribution in [2.45, 2.75) is 36.6 Å². The molecule has 2 atom stereocenters. The lowest BCUT2D eigenvalue weighted by molar-refractivity contribution is -0.385. The van der Waals surface area contributed by atoms with Crippen LogP contribution in [0.15, 0.2) is 18.2 Å². The van der Waals surface area contributed by atoms with Crippen LogP contribution in [0, 0.1) is 10.1 Å². The molecule has 1 aromatic carbocycles. The molecule has 108 valence electrons. The van der Waals surface area contributed by atoms with Crippen molar-refractivity contribution < 1.29 is 9.72 Å². The average Bonchev–Trinajstić information content (AvgIpc) is 2.40. The molecule has 0 aliphatic heterocycles. The molecule has 2 unspecified atom stereocenters. The van der Waals surface area contributed by atoms with E-state index >= 15 is 0 Å². The normalized spacial score (nSPS) is 22.3. The molecular weight excluding hydrogens is 348 g/mol. The molecule has 0 bridgehead atoms. The molecular formula is C13H14BrClN2O3. The van der Waals surface area contributed by atoms with E-state index in [1.807, 2.05) is 0 Å². The van der Waals surface area contributed by atoms with Gasteiger partial charge in [-0.3, -0.25) is 14.9 Å². The Balaban J connectivity index is 2.20. The van der Waals surface area contributed by atoms with E-state index in [1.165, 1.54) is 18.2 Å². The minimum atomic E-state index is -0.572. The Kier molecular flexibility index (Phi) is 4.99. The van der Waals surface area contributed by atoms with Crippen molar-refractivity contribution in [3.8, 4) is 0 Å². The first-order chi connectivity index (χ1) is 9.49. The summed E-state index contributed by atoms with van der Waals surface area (Å²) in [5, 5.41) is 14.1. The number of rotatable bonds is 3. The smallest absolute Gasteiger partial charge is 0.282 e. The van der Waals surface area contributed by atoms with Gasteiger partial charge in [-0.15, -0.1) is 0 Å². The molecule has 0 spiro atoms. The molecule has 1 saturated carbocycles. The van der Waals surface area contributed by atoms with Gasteiger partial charge in [-0.25, -0.2) is 0 Å². The van der Waals surface area contributed by atoms with Crippen LogP contribution in [0.1, 0.15) is 36.0 Å². The molecule has 5 nitrogen and oxygen atoms in total. The maximum atomic E-state index is 12.2. The lowest BCUT2D eigenvalue weighted by Crippen LogP contribution is -2.42. The van der Waals surface area contributed by atoms with E-state index in [0.717, 1.165) is 25.7 Å². The Morgan fingerprint density at radius 3 is 2.75 bits per heavy atom. The molecule has 1 aromatic rings. The molecule has 1 N–H and O–H groups in total. The number of nitrogens with one attached hydrogen (secondary N) is 1. The highest BCUT2D eigenvalue weighted by Crippen LogP contribution is 2.26. The average molecular weight is 362 g/mol. The van der Waals surface area contributed by atoms with Crippen LogP contribution < -0.4 is 5.32 Å². The maximum Gasteiger partial charge on any atom is 0.282 e. The second-order valence-electron chi connectivity index (χ2n) is 4.80. The fourth-order valence-electron chi connectivity index (χ4n) is 2.34. The van der Waals surface area contributed by atoms with Crippen molar-refractivity contribution in [2.24, 2.45) is 0 Å². The van der Waals surface area contributed by atoms with Crippen LogP contribution in [0.5, 0.6) is 0 Å². The van der Waals surface area contributed by atoms with Gasteiger partial charge in [-0.1, -0.05) is 40.4 Å². The van der Waals surface area contributed by atoms with Gasteiger partial charge in [0.1, 0.15) is 5.56 Å². The van der Waals surface area contributed by atoms with E-state index in [4.69, 9.17) is 11.6 Å². The predicted octanol–water partition coefficient (Wildman–Crippen LogP) is 3.68. The van der Waals surface area contributed by atoms with E-state index in [0.29, 0.717) is 5.02 Å². The molecule has 0 heterocycles. The number of carbonyl (C=O) groups excluding carboxylic acids is 1. The number of nitrogens with zero attached hydrogens (tertiary/aromatic N) is 1. The topological polar surface area (TPSA) is 72.2 Å². The molecule has 0 radical (unpaired) electrons. The van der Waals surface area contributed by atoms with Crippen molar-refractivity contribution in [2.75, 3.05) is 0 Å². The number of benzene rings is 1. The monoisotopic (exact) mass is 360 g/mol. The Bertz CT molecular complexity index is 538. The summed E-state index contributed by atoms with van der Waals surface area (Å²) in [7, 11) is 0. The standard InChI is InChI=1S/C13H14BrClN2O3/c14-10-3-1-2-4-11(10)16-13(18)9-7-8(15)5-6-12(9)17(19)20/h5-7,10-11H,1-4H2,(H,16,18). The zero-order valence-corrected chi connectivity index (χ0v) is 13.0. The number of halogens is 2. The molecule has 1 fully saturated rings. The summed E-state index contributed by atoms with van der Waals surface area (Å²) < 4.78 is 0. The lowest BCUT2D eigenvalue weighted by atomic mass is 9.95. The van der Waals surface area contributed by atoms with Crippen LogP contribution in [-0.4, -0.2) is 21.7 Å². The van der Waals surface area contributed by atoms with Crippen molar-refractivity contribution in [3.63, 3.8) is 0 Å². The quantitative estimate of drug-likeness (QED) is 0.507. The van der Waals surface area contributed by atoms with Crippen LogP contribution in [0.4, 0.5) is 5.69 Å². The maximum absolute atomic E-state index is 12.2. The summed E-state index contributed by atoms with van der Waals surface area (Å²) in [6.07, 6.45) is 4.03. The van der Waals surface area contributed by atoms with Gasteiger partial charge < -0.3 is 5.32 Å².